The Kier molecular flexibility index (Phi) is 4.39. The van der Waals surface area contributed by atoms with Gasteiger partial charge in [-0.05, 0) is 25.0 Å². The molecule has 1 aromatic carbocycles. The summed E-state index contributed by atoms with van der Waals surface area (Å²) < 4.78 is 0. The van der Waals surface area contributed by atoms with E-state index in [2.05, 4.69) is 9.97 Å². The highest BCUT2D eigenvalue weighted by atomic mass is 35.5. The van der Waals surface area contributed by atoms with Crippen LogP contribution in [0.2, 0.25) is 5.02 Å². The molecule has 0 aliphatic carbocycles. The summed E-state index contributed by atoms with van der Waals surface area (Å²) in [4.78, 5) is 22.3. The summed E-state index contributed by atoms with van der Waals surface area (Å²) in [6.07, 6.45) is 5.58. The quantitative estimate of drug-likeness (QED) is 0.851. The molecule has 114 valence electrons. The summed E-state index contributed by atoms with van der Waals surface area (Å²) in [6.45, 7) is 3.24. The van der Waals surface area contributed by atoms with E-state index >= 15 is 0 Å². The second kappa shape index (κ2) is 6.44. The number of carbonyl (C=O) groups excluding carboxylic acids is 1. The van der Waals surface area contributed by atoms with E-state index in [0.29, 0.717) is 10.9 Å². The number of benzene rings is 1. The SMILES string of the molecule is CC(=O)N1CCC(c2cnc(-c3ccc(Cl)cc3)cn2)CC1. The van der Waals surface area contributed by atoms with Crippen LogP contribution in [0.4, 0.5) is 0 Å². The molecule has 0 spiro atoms. The number of nitrogens with zero attached hydrogens (tertiary/aromatic N) is 3. The molecule has 2 heterocycles. The molecule has 0 bridgehead atoms. The van der Waals surface area contributed by atoms with E-state index in [0.717, 1.165) is 42.9 Å². The summed E-state index contributed by atoms with van der Waals surface area (Å²) in [5.74, 6) is 0.546. The Labute approximate surface area is 135 Å². The average Bonchev–Trinajstić information content (AvgIpc) is 2.56. The average molecular weight is 316 g/mol. The van der Waals surface area contributed by atoms with Crippen molar-refractivity contribution in [2.75, 3.05) is 13.1 Å². The Morgan fingerprint density at radius 2 is 1.82 bits per heavy atom. The zero-order valence-electron chi connectivity index (χ0n) is 12.5. The lowest BCUT2D eigenvalue weighted by Gasteiger charge is -2.30. The number of likely N-dealkylation sites (tertiary alicyclic amines) is 1. The van der Waals surface area contributed by atoms with Gasteiger partial charge in [0.15, 0.2) is 0 Å². The number of hydrogen-bond donors (Lipinski definition) is 0. The molecule has 2 aromatic rings. The molecule has 1 aliphatic rings. The summed E-state index contributed by atoms with van der Waals surface area (Å²) in [6, 6.07) is 7.59. The van der Waals surface area contributed by atoms with Crippen LogP contribution in [0.1, 0.15) is 31.4 Å². The Morgan fingerprint density at radius 1 is 1.14 bits per heavy atom. The maximum absolute atomic E-state index is 11.4. The number of hydrogen-bond acceptors (Lipinski definition) is 3. The van der Waals surface area contributed by atoms with Gasteiger partial charge in [0.1, 0.15) is 0 Å². The first-order valence-corrected chi connectivity index (χ1v) is 7.84. The third kappa shape index (κ3) is 3.28. The van der Waals surface area contributed by atoms with Crippen molar-refractivity contribution in [2.45, 2.75) is 25.7 Å². The van der Waals surface area contributed by atoms with Gasteiger partial charge in [-0.25, -0.2) is 0 Å². The van der Waals surface area contributed by atoms with E-state index in [1.54, 1.807) is 6.92 Å². The lowest BCUT2D eigenvalue weighted by molar-refractivity contribution is -0.129. The molecule has 0 atom stereocenters. The zero-order valence-corrected chi connectivity index (χ0v) is 13.3. The van der Waals surface area contributed by atoms with Gasteiger partial charge in [-0.15, -0.1) is 0 Å². The van der Waals surface area contributed by atoms with Gasteiger partial charge in [0.25, 0.3) is 0 Å². The van der Waals surface area contributed by atoms with Crippen LogP contribution in [0.25, 0.3) is 11.3 Å². The summed E-state index contributed by atoms with van der Waals surface area (Å²) >= 11 is 5.90. The zero-order chi connectivity index (χ0) is 15.5. The van der Waals surface area contributed by atoms with Gasteiger partial charge in [0.2, 0.25) is 5.91 Å². The van der Waals surface area contributed by atoms with Gasteiger partial charge in [0, 0.05) is 42.7 Å². The Morgan fingerprint density at radius 3 is 2.36 bits per heavy atom. The fraction of sp³-hybridized carbons (Fsp3) is 0.353. The van der Waals surface area contributed by atoms with Gasteiger partial charge in [-0.1, -0.05) is 23.7 Å². The first kappa shape index (κ1) is 15.0. The lowest BCUT2D eigenvalue weighted by Crippen LogP contribution is -2.36. The molecule has 1 fully saturated rings. The first-order chi connectivity index (χ1) is 10.6. The van der Waals surface area contributed by atoms with E-state index in [4.69, 9.17) is 11.6 Å². The first-order valence-electron chi connectivity index (χ1n) is 7.47. The van der Waals surface area contributed by atoms with Gasteiger partial charge in [-0.3, -0.25) is 14.8 Å². The highest BCUT2D eigenvalue weighted by molar-refractivity contribution is 6.30. The third-order valence-electron chi connectivity index (χ3n) is 4.17. The molecule has 0 radical (unpaired) electrons. The van der Waals surface area contributed by atoms with Crippen molar-refractivity contribution in [1.82, 2.24) is 14.9 Å². The maximum atomic E-state index is 11.4. The van der Waals surface area contributed by atoms with Crippen molar-refractivity contribution in [2.24, 2.45) is 0 Å². The van der Waals surface area contributed by atoms with E-state index in [1.807, 2.05) is 41.6 Å². The molecule has 0 unspecified atom stereocenters. The number of amides is 1. The minimum atomic E-state index is 0.155. The fourth-order valence-corrected chi connectivity index (χ4v) is 2.93. The van der Waals surface area contributed by atoms with Crippen LogP contribution in [0, 0.1) is 0 Å². The predicted octanol–water partition coefficient (Wildman–Crippen LogP) is 3.52. The van der Waals surface area contributed by atoms with Gasteiger partial charge >= 0.3 is 0 Å². The molecule has 3 rings (SSSR count). The van der Waals surface area contributed by atoms with Crippen LogP contribution in [-0.4, -0.2) is 33.9 Å². The van der Waals surface area contributed by atoms with Crippen LogP contribution in [0.15, 0.2) is 36.7 Å². The Balaban J connectivity index is 1.70. The summed E-state index contributed by atoms with van der Waals surface area (Å²) in [5, 5.41) is 0.713. The molecule has 4 nitrogen and oxygen atoms in total. The number of halogens is 1. The minimum Gasteiger partial charge on any atom is -0.343 e. The molecule has 22 heavy (non-hydrogen) atoms. The number of rotatable bonds is 2. The Bertz CT molecular complexity index is 647. The van der Waals surface area contributed by atoms with Gasteiger partial charge in [0.05, 0.1) is 17.6 Å². The van der Waals surface area contributed by atoms with E-state index < -0.39 is 0 Å². The molecule has 1 aliphatic heterocycles. The maximum Gasteiger partial charge on any atom is 0.219 e. The third-order valence-corrected chi connectivity index (χ3v) is 4.42. The van der Waals surface area contributed by atoms with Crippen molar-refractivity contribution in [3.63, 3.8) is 0 Å². The van der Waals surface area contributed by atoms with Crippen molar-refractivity contribution in [3.05, 3.63) is 47.4 Å². The predicted molar refractivity (Wildman–Crippen MR) is 86.7 cm³/mol. The van der Waals surface area contributed by atoms with Crippen LogP contribution in [-0.2, 0) is 4.79 Å². The van der Waals surface area contributed by atoms with Crippen LogP contribution in [0.3, 0.4) is 0 Å². The highest BCUT2D eigenvalue weighted by Gasteiger charge is 2.23. The van der Waals surface area contributed by atoms with E-state index in [-0.39, 0.29) is 5.91 Å². The molecule has 1 aromatic heterocycles. The number of aromatic nitrogens is 2. The normalized spacial score (nSPS) is 15.8. The molecule has 1 saturated heterocycles. The minimum absolute atomic E-state index is 0.155. The van der Waals surface area contributed by atoms with Crippen molar-refractivity contribution in [1.29, 1.82) is 0 Å². The van der Waals surface area contributed by atoms with Crippen LogP contribution >= 0.6 is 11.6 Å². The molecule has 0 N–H and O–H groups in total. The van der Waals surface area contributed by atoms with Crippen molar-refractivity contribution < 1.29 is 4.79 Å². The largest absolute Gasteiger partial charge is 0.343 e. The topological polar surface area (TPSA) is 46.1 Å². The van der Waals surface area contributed by atoms with E-state index in [9.17, 15) is 4.79 Å². The molecule has 5 heteroatoms. The lowest BCUT2D eigenvalue weighted by atomic mass is 9.93. The fourth-order valence-electron chi connectivity index (χ4n) is 2.81. The molecule has 0 saturated carbocycles. The van der Waals surface area contributed by atoms with Gasteiger partial charge < -0.3 is 4.90 Å². The molecular weight excluding hydrogens is 298 g/mol. The van der Waals surface area contributed by atoms with E-state index in [1.165, 1.54) is 0 Å². The number of carbonyl (C=O) groups is 1. The summed E-state index contributed by atoms with van der Waals surface area (Å²) in [7, 11) is 0. The van der Waals surface area contributed by atoms with Crippen LogP contribution < -0.4 is 0 Å². The molecular formula is C17H18ClN3O. The molecule has 1 amide bonds. The second-order valence-electron chi connectivity index (χ2n) is 5.61. The monoisotopic (exact) mass is 315 g/mol. The van der Waals surface area contributed by atoms with Crippen molar-refractivity contribution >= 4 is 17.5 Å². The smallest absolute Gasteiger partial charge is 0.219 e. The highest BCUT2D eigenvalue weighted by Crippen LogP contribution is 2.27. The number of piperidine rings is 1. The van der Waals surface area contributed by atoms with Crippen LogP contribution in [0.5, 0.6) is 0 Å². The second-order valence-corrected chi connectivity index (χ2v) is 6.05. The standard InChI is InChI=1S/C17H18ClN3O/c1-12(22)21-8-6-14(7-9-21)17-11-19-16(10-20-17)13-2-4-15(18)5-3-13/h2-5,10-11,14H,6-9H2,1H3. The van der Waals surface area contributed by atoms with Gasteiger partial charge in [-0.2, -0.15) is 0 Å². The van der Waals surface area contributed by atoms with Crippen molar-refractivity contribution in [3.8, 4) is 11.3 Å². The summed E-state index contributed by atoms with van der Waals surface area (Å²) in [5.41, 5.74) is 2.87. The Hall–Kier alpha value is -1.94.